The topological polar surface area (TPSA) is 9.23 Å². The van der Waals surface area contributed by atoms with Gasteiger partial charge in [0.2, 0.25) is 0 Å². The van der Waals surface area contributed by atoms with E-state index in [-0.39, 0.29) is 5.60 Å². The molecule has 55 valence electrons. The third-order valence-electron chi connectivity index (χ3n) is 2.64. The van der Waals surface area contributed by atoms with Crippen LogP contribution in [0.3, 0.4) is 0 Å². The summed E-state index contributed by atoms with van der Waals surface area (Å²) in [5.41, 5.74) is 1.52. The second-order valence-corrected chi connectivity index (χ2v) is 3.69. The number of fused-ring (bicyclic) bond motifs is 1. The zero-order valence-electron chi connectivity index (χ0n) is 6.61. The van der Waals surface area contributed by atoms with E-state index in [0.717, 1.165) is 13.0 Å². The predicted octanol–water partition coefficient (Wildman–Crippen LogP) is 1.93. The maximum Gasteiger partial charge on any atom is 0.0697 e. The van der Waals surface area contributed by atoms with Gasteiger partial charge < -0.3 is 4.74 Å². The molecule has 0 saturated carbocycles. The molecule has 2 aliphatic rings. The third kappa shape index (κ3) is 0.734. The van der Waals surface area contributed by atoms with Crippen LogP contribution >= 0.6 is 0 Å². The lowest BCUT2D eigenvalue weighted by atomic mass is 9.88. The first-order valence-electron chi connectivity index (χ1n) is 3.94. The Morgan fingerprint density at radius 1 is 1.60 bits per heavy atom. The summed E-state index contributed by atoms with van der Waals surface area (Å²) in [7, 11) is 0. The van der Waals surface area contributed by atoms with Crippen LogP contribution in [0.25, 0.3) is 0 Å². The largest absolute Gasteiger partial charge is 0.371 e. The number of hydrogen-bond acceptors (Lipinski definition) is 1. The van der Waals surface area contributed by atoms with Gasteiger partial charge in [-0.05, 0) is 38.3 Å². The molecule has 0 bridgehead atoms. The van der Waals surface area contributed by atoms with Gasteiger partial charge in [-0.15, -0.1) is 0 Å². The van der Waals surface area contributed by atoms with Crippen LogP contribution in [0.5, 0.6) is 0 Å². The smallest absolute Gasteiger partial charge is 0.0697 e. The fraction of sp³-hybridized carbons (Fsp3) is 0.778. The van der Waals surface area contributed by atoms with Crippen LogP contribution in [0.2, 0.25) is 0 Å². The average molecular weight is 137 g/mol. The SMILES string of the molecule is CC1(C)OCC2=[C]CCC21. The summed E-state index contributed by atoms with van der Waals surface area (Å²) in [6.45, 7) is 5.19. The monoisotopic (exact) mass is 137 g/mol. The number of allylic oxidation sites excluding steroid dienone is 1. The highest BCUT2D eigenvalue weighted by Gasteiger charge is 2.40. The van der Waals surface area contributed by atoms with Gasteiger partial charge in [0.1, 0.15) is 0 Å². The van der Waals surface area contributed by atoms with E-state index in [1.54, 1.807) is 0 Å². The van der Waals surface area contributed by atoms with E-state index in [4.69, 9.17) is 4.74 Å². The summed E-state index contributed by atoms with van der Waals surface area (Å²) in [5, 5.41) is 0. The lowest BCUT2D eigenvalue weighted by Crippen LogP contribution is -2.26. The Kier molecular flexibility index (Phi) is 1.19. The molecular formula is C9H13O. The molecule has 1 atom stereocenters. The van der Waals surface area contributed by atoms with E-state index in [2.05, 4.69) is 19.9 Å². The first-order chi connectivity index (χ1) is 4.70. The van der Waals surface area contributed by atoms with E-state index in [1.807, 2.05) is 0 Å². The summed E-state index contributed by atoms with van der Waals surface area (Å²) >= 11 is 0. The van der Waals surface area contributed by atoms with E-state index < -0.39 is 0 Å². The predicted molar refractivity (Wildman–Crippen MR) is 39.5 cm³/mol. The second-order valence-electron chi connectivity index (χ2n) is 3.69. The van der Waals surface area contributed by atoms with Crippen molar-refractivity contribution in [3.8, 4) is 0 Å². The molecule has 1 heteroatoms. The molecule has 1 saturated heterocycles. The van der Waals surface area contributed by atoms with Gasteiger partial charge in [0.15, 0.2) is 0 Å². The molecular weight excluding hydrogens is 124 g/mol. The van der Waals surface area contributed by atoms with Crippen molar-refractivity contribution < 1.29 is 4.74 Å². The Hall–Kier alpha value is -0.300. The van der Waals surface area contributed by atoms with E-state index in [0.29, 0.717) is 5.92 Å². The highest BCUT2D eigenvalue weighted by Crippen LogP contribution is 2.42. The highest BCUT2D eigenvalue weighted by atomic mass is 16.5. The Balaban J connectivity index is 2.27. The van der Waals surface area contributed by atoms with Crippen molar-refractivity contribution in [3.63, 3.8) is 0 Å². The van der Waals surface area contributed by atoms with Crippen LogP contribution in [0.1, 0.15) is 26.7 Å². The number of hydrogen-bond donors (Lipinski definition) is 0. The fourth-order valence-corrected chi connectivity index (χ4v) is 1.96. The van der Waals surface area contributed by atoms with Crippen LogP contribution in [0.4, 0.5) is 0 Å². The standard InChI is InChI=1S/C9H13O/c1-9(2)8-5-3-4-7(8)6-10-9/h8H,3,5-6H2,1-2H3. The number of ether oxygens (including phenoxy) is 1. The summed E-state index contributed by atoms with van der Waals surface area (Å²) in [5.74, 6) is 0.674. The van der Waals surface area contributed by atoms with E-state index >= 15 is 0 Å². The molecule has 0 aromatic heterocycles. The van der Waals surface area contributed by atoms with Gasteiger partial charge >= 0.3 is 0 Å². The maximum atomic E-state index is 5.61. The zero-order chi connectivity index (χ0) is 7.19. The Morgan fingerprint density at radius 3 is 3.10 bits per heavy atom. The van der Waals surface area contributed by atoms with Gasteiger partial charge in [0, 0.05) is 5.92 Å². The van der Waals surface area contributed by atoms with E-state index in [9.17, 15) is 0 Å². The van der Waals surface area contributed by atoms with Gasteiger partial charge in [-0.1, -0.05) is 0 Å². The lowest BCUT2D eigenvalue weighted by molar-refractivity contribution is 0.00941. The van der Waals surface area contributed by atoms with Crippen molar-refractivity contribution in [3.05, 3.63) is 11.6 Å². The molecule has 0 aromatic carbocycles. The third-order valence-corrected chi connectivity index (χ3v) is 2.64. The molecule has 1 unspecified atom stereocenters. The first-order valence-corrected chi connectivity index (χ1v) is 3.94. The van der Waals surface area contributed by atoms with Gasteiger partial charge in [-0.25, -0.2) is 0 Å². The molecule has 1 aliphatic heterocycles. The molecule has 0 aromatic rings. The molecule has 1 fully saturated rings. The summed E-state index contributed by atoms with van der Waals surface area (Å²) < 4.78 is 5.61. The Labute approximate surface area is 62.1 Å². The summed E-state index contributed by atoms with van der Waals surface area (Å²) in [6.07, 6.45) is 5.76. The quantitative estimate of drug-likeness (QED) is 0.495. The van der Waals surface area contributed by atoms with Crippen LogP contribution in [-0.4, -0.2) is 12.2 Å². The molecule has 1 nitrogen and oxygen atoms in total. The minimum absolute atomic E-state index is 0.0961. The van der Waals surface area contributed by atoms with Crippen molar-refractivity contribution in [2.24, 2.45) is 5.92 Å². The van der Waals surface area contributed by atoms with Crippen molar-refractivity contribution >= 4 is 0 Å². The molecule has 1 radical (unpaired) electrons. The van der Waals surface area contributed by atoms with Gasteiger partial charge in [-0.3, -0.25) is 0 Å². The molecule has 0 spiro atoms. The van der Waals surface area contributed by atoms with Gasteiger partial charge in [-0.2, -0.15) is 0 Å². The highest BCUT2D eigenvalue weighted by molar-refractivity contribution is 5.17. The van der Waals surface area contributed by atoms with Crippen LogP contribution < -0.4 is 0 Å². The fourth-order valence-electron chi connectivity index (χ4n) is 1.96. The van der Waals surface area contributed by atoms with Crippen LogP contribution in [-0.2, 0) is 4.74 Å². The molecule has 2 rings (SSSR count). The molecule has 0 N–H and O–H groups in total. The molecule has 0 amide bonds. The zero-order valence-corrected chi connectivity index (χ0v) is 6.61. The minimum Gasteiger partial charge on any atom is -0.371 e. The van der Waals surface area contributed by atoms with Gasteiger partial charge in [0.25, 0.3) is 0 Å². The lowest BCUT2D eigenvalue weighted by Gasteiger charge is -2.23. The summed E-state index contributed by atoms with van der Waals surface area (Å²) in [4.78, 5) is 0. The normalized spacial score (nSPS) is 35.8. The van der Waals surface area contributed by atoms with Crippen LogP contribution in [0.15, 0.2) is 5.57 Å². The molecule has 10 heavy (non-hydrogen) atoms. The van der Waals surface area contributed by atoms with Gasteiger partial charge in [0.05, 0.1) is 12.2 Å². The second kappa shape index (κ2) is 1.85. The van der Waals surface area contributed by atoms with Crippen molar-refractivity contribution in [1.29, 1.82) is 0 Å². The minimum atomic E-state index is 0.0961. The Morgan fingerprint density at radius 2 is 2.40 bits per heavy atom. The van der Waals surface area contributed by atoms with Crippen LogP contribution in [0, 0.1) is 12.0 Å². The van der Waals surface area contributed by atoms with Crippen molar-refractivity contribution in [1.82, 2.24) is 0 Å². The Bertz CT molecular complexity index is 179. The first kappa shape index (κ1) is 6.41. The maximum absolute atomic E-state index is 5.61. The average Bonchev–Trinajstić information content (AvgIpc) is 2.36. The molecule has 1 heterocycles. The molecule has 1 aliphatic carbocycles. The number of rotatable bonds is 0. The summed E-state index contributed by atoms with van der Waals surface area (Å²) in [6, 6.07) is 0. The van der Waals surface area contributed by atoms with Crippen molar-refractivity contribution in [2.45, 2.75) is 32.3 Å². The van der Waals surface area contributed by atoms with Crippen molar-refractivity contribution in [2.75, 3.05) is 6.61 Å². The van der Waals surface area contributed by atoms with E-state index in [1.165, 1.54) is 12.0 Å².